The van der Waals surface area contributed by atoms with Crippen LogP contribution in [0.15, 0.2) is 105 Å². The second-order valence-electron chi connectivity index (χ2n) is 8.81. The minimum Gasteiger partial charge on any atom is -0.420 e. The zero-order chi connectivity index (χ0) is 25.6. The van der Waals surface area contributed by atoms with Gasteiger partial charge in [0.1, 0.15) is 16.9 Å². The SMILES string of the molecule is NC(=O)C1(Cc2cccc3ccc(Br)cc23)NC=CC=C1c1cn(-c2cccc3ccc(=O)oc23)nn1. The van der Waals surface area contributed by atoms with Gasteiger partial charge in [-0.3, -0.25) is 4.79 Å². The summed E-state index contributed by atoms with van der Waals surface area (Å²) in [6, 6.07) is 20.6. The van der Waals surface area contributed by atoms with Crippen molar-refractivity contribution in [2.75, 3.05) is 0 Å². The Morgan fingerprint density at radius 2 is 1.89 bits per heavy atom. The molecule has 1 unspecified atom stereocenters. The number of primary amides is 1. The van der Waals surface area contributed by atoms with Gasteiger partial charge in [-0.05, 0) is 52.9 Å². The third kappa shape index (κ3) is 3.93. The van der Waals surface area contributed by atoms with Crippen molar-refractivity contribution in [3.8, 4) is 5.69 Å². The molecule has 0 bridgehead atoms. The Morgan fingerprint density at radius 1 is 1.08 bits per heavy atom. The molecule has 3 aromatic carbocycles. The van der Waals surface area contributed by atoms with Gasteiger partial charge >= 0.3 is 5.63 Å². The molecular formula is C28H20BrN5O3. The molecule has 9 heteroatoms. The van der Waals surface area contributed by atoms with Crippen LogP contribution in [0.3, 0.4) is 0 Å². The topological polar surface area (TPSA) is 116 Å². The van der Waals surface area contributed by atoms with Gasteiger partial charge in [0.25, 0.3) is 0 Å². The normalized spacial score (nSPS) is 17.1. The average Bonchev–Trinajstić information content (AvgIpc) is 3.38. The molecule has 1 aliphatic heterocycles. The summed E-state index contributed by atoms with van der Waals surface area (Å²) < 4.78 is 7.92. The van der Waals surface area contributed by atoms with Crippen LogP contribution in [0.5, 0.6) is 0 Å². The molecule has 3 heterocycles. The lowest BCUT2D eigenvalue weighted by atomic mass is 9.79. The molecule has 0 radical (unpaired) electrons. The number of benzene rings is 3. The van der Waals surface area contributed by atoms with Crippen molar-refractivity contribution in [2.45, 2.75) is 12.0 Å². The number of nitrogens with two attached hydrogens (primary N) is 1. The predicted molar refractivity (Wildman–Crippen MR) is 145 cm³/mol. The summed E-state index contributed by atoms with van der Waals surface area (Å²) in [6.07, 6.45) is 7.32. The second-order valence-corrected chi connectivity index (χ2v) is 9.73. The quantitative estimate of drug-likeness (QED) is 0.314. The molecule has 2 aromatic heterocycles. The average molecular weight is 554 g/mol. The number of amides is 1. The Bertz CT molecular complexity index is 1820. The Balaban J connectivity index is 1.46. The first-order chi connectivity index (χ1) is 17.9. The Hall–Kier alpha value is -4.50. The van der Waals surface area contributed by atoms with Gasteiger partial charge in [0, 0.05) is 27.9 Å². The standard InChI is InChI=1S/C28H20BrN5O3/c29-20-11-9-17-4-1-6-19(21(17)14-20)15-28(27(30)36)22(7-3-13-31-28)23-16-34(33-32-23)24-8-2-5-18-10-12-25(35)37-26(18)24/h1-14,16,31H,15H2,(H2,30,36). The molecule has 0 fully saturated rings. The molecule has 8 nitrogen and oxygen atoms in total. The number of nitrogens with one attached hydrogen (secondary N) is 1. The number of hydrogen-bond donors (Lipinski definition) is 2. The summed E-state index contributed by atoms with van der Waals surface area (Å²) in [6.45, 7) is 0. The fourth-order valence-corrected chi connectivity index (χ4v) is 5.17. The maximum atomic E-state index is 13.1. The fourth-order valence-electron chi connectivity index (χ4n) is 4.81. The van der Waals surface area contributed by atoms with Gasteiger partial charge in [0.2, 0.25) is 5.91 Å². The Kier molecular flexibility index (Phi) is 5.49. The fraction of sp³-hybridized carbons (Fsp3) is 0.0714. The van der Waals surface area contributed by atoms with Gasteiger partial charge in [-0.2, -0.15) is 0 Å². The zero-order valence-electron chi connectivity index (χ0n) is 19.4. The van der Waals surface area contributed by atoms with Gasteiger partial charge in [-0.15, -0.1) is 5.10 Å². The lowest BCUT2D eigenvalue weighted by Gasteiger charge is -2.35. The first kappa shape index (κ1) is 22.9. The van der Waals surface area contributed by atoms with Crippen LogP contribution in [0.1, 0.15) is 11.3 Å². The summed E-state index contributed by atoms with van der Waals surface area (Å²) in [4.78, 5) is 25.0. The molecule has 6 rings (SSSR count). The number of hydrogen-bond acceptors (Lipinski definition) is 6. The maximum Gasteiger partial charge on any atom is 0.336 e. The van der Waals surface area contributed by atoms with E-state index in [9.17, 15) is 9.59 Å². The molecule has 0 saturated heterocycles. The zero-order valence-corrected chi connectivity index (χ0v) is 21.0. The van der Waals surface area contributed by atoms with Gasteiger partial charge in [-0.25, -0.2) is 9.48 Å². The van der Waals surface area contributed by atoms with Crippen LogP contribution < -0.4 is 16.7 Å². The Labute approximate surface area is 219 Å². The molecule has 0 saturated carbocycles. The Morgan fingerprint density at radius 3 is 2.76 bits per heavy atom. The van der Waals surface area contributed by atoms with Crippen molar-refractivity contribution in [3.63, 3.8) is 0 Å². The van der Waals surface area contributed by atoms with E-state index >= 15 is 0 Å². The first-order valence-electron chi connectivity index (χ1n) is 11.5. The van der Waals surface area contributed by atoms with Crippen LogP contribution in [0, 0.1) is 0 Å². The smallest absolute Gasteiger partial charge is 0.336 e. The number of fused-ring (bicyclic) bond motifs is 2. The van der Waals surface area contributed by atoms with Crippen molar-refractivity contribution in [1.82, 2.24) is 20.3 Å². The van der Waals surface area contributed by atoms with E-state index in [0.29, 0.717) is 29.0 Å². The van der Waals surface area contributed by atoms with Gasteiger partial charge in [0.15, 0.2) is 5.58 Å². The van der Waals surface area contributed by atoms with E-state index in [0.717, 1.165) is 26.2 Å². The number of nitrogens with zero attached hydrogens (tertiary/aromatic N) is 3. The van der Waals surface area contributed by atoms with Crippen LogP contribution >= 0.6 is 15.9 Å². The molecule has 1 atom stereocenters. The van der Waals surface area contributed by atoms with E-state index in [1.54, 1.807) is 30.6 Å². The summed E-state index contributed by atoms with van der Waals surface area (Å²) in [5.41, 5.74) is 7.30. The van der Waals surface area contributed by atoms with Crippen molar-refractivity contribution in [2.24, 2.45) is 5.73 Å². The number of dihydropyridines is 1. The molecule has 37 heavy (non-hydrogen) atoms. The van der Waals surface area contributed by atoms with Crippen LogP contribution in [0.2, 0.25) is 0 Å². The lowest BCUT2D eigenvalue weighted by molar-refractivity contribution is -0.122. The van der Waals surface area contributed by atoms with Crippen LogP contribution in [0.4, 0.5) is 0 Å². The molecule has 1 amide bonds. The largest absolute Gasteiger partial charge is 0.420 e. The monoisotopic (exact) mass is 553 g/mol. The van der Waals surface area contributed by atoms with E-state index < -0.39 is 17.1 Å². The van der Waals surface area contributed by atoms with Gasteiger partial charge in [-0.1, -0.05) is 63.6 Å². The number of carbonyl (C=O) groups is 1. The molecule has 0 spiro atoms. The molecule has 182 valence electrons. The van der Waals surface area contributed by atoms with E-state index in [4.69, 9.17) is 10.2 Å². The van der Waals surface area contributed by atoms with Crippen LogP contribution in [0.25, 0.3) is 33.0 Å². The van der Waals surface area contributed by atoms with E-state index in [1.807, 2.05) is 54.6 Å². The highest BCUT2D eigenvalue weighted by Gasteiger charge is 2.43. The maximum absolute atomic E-state index is 13.1. The third-order valence-corrected chi connectivity index (χ3v) is 7.10. The number of carbonyl (C=O) groups excluding carboxylic acids is 1. The van der Waals surface area contributed by atoms with Gasteiger partial charge < -0.3 is 15.5 Å². The minimum absolute atomic E-state index is 0.294. The minimum atomic E-state index is -1.27. The van der Waals surface area contributed by atoms with E-state index in [2.05, 4.69) is 31.6 Å². The third-order valence-electron chi connectivity index (χ3n) is 6.60. The predicted octanol–water partition coefficient (Wildman–Crippen LogP) is 4.26. The second kappa shape index (κ2) is 8.86. The molecule has 1 aliphatic rings. The molecule has 5 aromatic rings. The number of halogens is 1. The van der Waals surface area contributed by atoms with Crippen molar-refractivity contribution in [3.05, 3.63) is 117 Å². The number of rotatable bonds is 5. The van der Waals surface area contributed by atoms with E-state index in [1.165, 1.54) is 10.7 Å². The highest BCUT2D eigenvalue weighted by molar-refractivity contribution is 9.10. The van der Waals surface area contributed by atoms with Crippen molar-refractivity contribution < 1.29 is 9.21 Å². The molecule has 0 aliphatic carbocycles. The van der Waals surface area contributed by atoms with Crippen molar-refractivity contribution in [1.29, 1.82) is 0 Å². The first-order valence-corrected chi connectivity index (χ1v) is 12.3. The van der Waals surface area contributed by atoms with Crippen LogP contribution in [-0.4, -0.2) is 26.4 Å². The van der Waals surface area contributed by atoms with E-state index in [-0.39, 0.29) is 0 Å². The number of para-hydroxylation sites is 1. The van der Waals surface area contributed by atoms with Gasteiger partial charge in [0.05, 0.1) is 6.20 Å². The van der Waals surface area contributed by atoms with Crippen molar-refractivity contribution >= 4 is 49.2 Å². The summed E-state index contributed by atoms with van der Waals surface area (Å²) in [5.74, 6) is -0.541. The number of aromatic nitrogens is 3. The highest BCUT2D eigenvalue weighted by atomic mass is 79.9. The molecule has 3 N–H and O–H groups in total. The number of allylic oxidation sites excluding steroid dienone is 2. The highest BCUT2D eigenvalue weighted by Crippen LogP contribution is 2.35. The lowest BCUT2D eigenvalue weighted by Crippen LogP contribution is -2.56. The molecular weight excluding hydrogens is 534 g/mol. The summed E-state index contributed by atoms with van der Waals surface area (Å²) >= 11 is 3.55. The van der Waals surface area contributed by atoms with Crippen LogP contribution in [-0.2, 0) is 11.2 Å². The summed E-state index contributed by atoms with van der Waals surface area (Å²) in [5, 5.41) is 14.7. The summed E-state index contributed by atoms with van der Waals surface area (Å²) in [7, 11) is 0.